The monoisotopic (exact) mass is 174 g/mol. The Bertz CT molecular complexity index is 125. The number of hydrogen-bond donors (Lipinski definition) is 0. The van der Waals surface area contributed by atoms with E-state index in [4.69, 9.17) is 4.74 Å². The minimum absolute atomic E-state index is 0.0718. The quantitative estimate of drug-likeness (QED) is 0.604. The Hall–Kier alpha value is -0.0200. The van der Waals surface area contributed by atoms with Crippen LogP contribution in [0.3, 0.4) is 0 Å². The van der Waals surface area contributed by atoms with E-state index in [0.717, 1.165) is 38.1 Å². The van der Waals surface area contributed by atoms with Crippen LogP contribution in [-0.4, -0.2) is 31.5 Å². The van der Waals surface area contributed by atoms with Crippen LogP contribution in [0.15, 0.2) is 0 Å². The highest BCUT2D eigenvalue weighted by molar-refractivity contribution is 7.98. The molecule has 0 N–H and O–H groups in total. The zero-order chi connectivity index (χ0) is 8.16. The summed E-state index contributed by atoms with van der Waals surface area (Å²) in [5.41, 5.74) is -0.0718. The summed E-state index contributed by atoms with van der Waals surface area (Å²) in [7, 11) is 0. The van der Waals surface area contributed by atoms with Gasteiger partial charge in [-0.25, -0.2) is 0 Å². The fraction of sp³-hybridized carbons (Fsp3) is 0.875. The topological polar surface area (TPSA) is 26.3 Å². The molecule has 11 heavy (non-hydrogen) atoms. The number of rotatable bonds is 3. The molecule has 0 spiro atoms. The van der Waals surface area contributed by atoms with Crippen molar-refractivity contribution in [2.75, 3.05) is 25.2 Å². The molecule has 1 aliphatic rings. The highest BCUT2D eigenvalue weighted by Crippen LogP contribution is 2.30. The molecule has 1 saturated heterocycles. The minimum Gasteiger partial charge on any atom is -0.381 e. The molecule has 0 atom stereocenters. The van der Waals surface area contributed by atoms with Crippen molar-refractivity contribution >= 4 is 18.0 Å². The van der Waals surface area contributed by atoms with Gasteiger partial charge in [-0.3, -0.25) is 0 Å². The maximum Gasteiger partial charge on any atom is 0.127 e. The summed E-state index contributed by atoms with van der Waals surface area (Å²) in [4.78, 5) is 10.8. The van der Waals surface area contributed by atoms with Crippen LogP contribution in [-0.2, 0) is 9.53 Å². The molecule has 0 bridgehead atoms. The lowest BCUT2D eigenvalue weighted by molar-refractivity contribution is -0.119. The van der Waals surface area contributed by atoms with Gasteiger partial charge in [0.2, 0.25) is 0 Å². The van der Waals surface area contributed by atoms with Crippen molar-refractivity contribution in [1.82, 2.24) is 0 Å². The van der Waals surface area contributed by atoms with Crippen molar-refractivity contribution in [3.8, 4) is 0 Å². The molecule has 1 heterocycles. The summed E-state index contributed by atoms with van der Waals surface area (Å²) < 4.78 is 5.20. The average Bonchev–Trinajstić information content (AvgIpc) is 2.07. The van der Waals surface area contributed by atoms with Crippen molar-refractivity contribution in [1.29, 1.82) is 0 Å². The molecular weight excluding hydrogens is 160 g/mol. The zero-order valence-electron chi connectivity index (χ0n) is 6.84. The third kappa shape index (κ3) is 2.20. The maximum atomic E-state index is 10.8. The van der Waals surface area contributed by atoms with Crippen molar-refractivity contribution in [2.45, 2.75) is 12.8 Å². The van der Waals surface area contributed by atoms with Crippen molar-refractivity contribution in [2.24, 2.45) is 5.41 Å². The van der Waals surface area contributed by atoms with E-state index in [1.165, 1.54) is 0 Å². The Morgan fingerprint density at radius 1 is 1.55 bits per heavy atom. The van der Waals surface area contributed by atoms with E-state index in [2.05, 4.69) is 0 Å². The first-order valence-corrected chi connectivity index (χ1v) is 5.25. The molecule has 0 aromatic carbocycles. The van der Waals surface area contributed by atoms with Gasteiger partial charge in [0.05, 0.1) is 0 Å². The summed E-state index contributed by atoms with van der Waals surface area (Å²) in [5, 5.41) is 0. The van der Waals surface area contributed by atoms with Crippen LogP contribution in [0.5, 0.6) is 0 Å². The summed E-state index contributed by atoms with van der Waals surface area (Å²) in [5.74, 6) is 0.944. The number of thioether (sulfide) groups is 1. The van der Waals surface area contributed by atoms with E-state index in [1.54, 1.807) is 11.8 Å². The maximum absolute atomic E-state index is 10.8. The van der Waals surface area contributed by atoms with Gasteiger partial charge in [0.25, 0.3) is 0 Å². The van der Waals surface area contributed by atoms with Crippen molar-refractivity contribution in [3.05, 3.63) is 0 Å². The number of carbonyl (C=O) groups is 1. The molecule has 1 aliphatic heterocycles. The average molecular weight is 174 g/mol. The number of carbonyl (C=O) groups excluding carboxylic acids is 1. The Labute approximate surface area is 71.7 Å². The Morgan fingerprint density at radius 2 is 2.18 bits per heavy atom. The van der Waals surface area contributed by atoms with Crippen LogP contribution in [0.4, 0.5) is 0 Å². The van der Waals surface area contributed by atoms with Gasteiger partial charge in [0, 0.05) is 24.4 Å². The highest BCUT2D eigenvalue weighted by Gasteiger charge is 2.31. The Balaban J connectivity index is 2.49. The molecule has 0 amide bonds. The molecule has 0 unspecified atom stereocenters. The summed E-state index contributed by atoms with van der Waals surface area (Å²) in [6.07, 6.45) is 4.96. The predicted octanol–water partition coefficient (Wildman–Crippen LogP) is 1.35. The third-order valence-corrected chi connectivity index (χ3v) is 3.03. The molecule has 1 rings (SSSR count). The molecule has 2 nitrogen and oxygen atoms in total. The van der Waals surface area contributed by atoms with Crippen LogP contribution < -0.4 is 0 Å². The molecule has 0 aliphatic carbocycles. The molecule has 1 fully saturated rings. The third-order valence-electron chi connectivity index (χ3n) is 2.17. The van der Waals surface area contributed by atoms with E-state index in [1.807, 2.05) is 6.26 Å². The number of hydrogen-bond acceptors (Lipinski definition) is 3. The lowest BCUT2D eigenvalue weighted by atomic mass is 9.84. The van der Waals surface area contributed by atoms with Gasteiger partial charge in [-0.1, -0.05) is 0 Å². The van der Waals surface area contributed by atoms with E-state index in [9.17, 15) is 4.79 Å². The Kier molecular flexibility index (Phi) is 3.40. The molecule has 0 aromatic heterocycles. The van der Waals surface area contributed by atoms with Crippen molar-refractivity contribution < 1.29 is 9.53 Å². The first-order valence-electron chi connectivity index (χ1n) is 3.86. The number of aldehydes is 1. The summed E-state index contributed by atoms with van der Waals surface area (Å²) in [6, 6.07) is 0. The second kappa shape index (κ2) is 4.12. The molecule has 0 aromatic rings. The van der Waals surface area contributed by atoms with Gasteiger partial charge in [0.1, 0.15) is 6.29 Å². The summed E-state index contributed by atoms with van der Waals surface area (Å²) in [6.45, 7) is 1.50. The van der Waals surface area contributed by atoms with E-state index in [0.29, 0.717) is 0 Å². The van der Waals surface area contributed by atoms with Crippen LogP contribution in [0.2, 0.25) is 0 Å². The van der Waals surface area contributed by atoms with Gasteiger partial charge in [-0.05, 0) is 19.1 Å². The molecule has 3 heteroatoms. The van der Waals surface area contributed by atoms with Crippen LogP contribution in [0.25, 0.3) is 0 Å². The zero-order valence-corrected chi connectivity index (χ0v) is 7.65. The first kappa shape index (κ1) is 9.07. The van der Waals surface area contributed by atoms with Gasteiger partial charge < -0.3 is 9.53 Å². The Morgan fingerprint density at radius 3 is 2.64 bits per heavy atom. The van der Waals surface area contributed by atoms with Gasteiger partial charge in [-0.15, -0.1) is 0 Å². The predicted molar refractivity (Wildman–Crippen MR) is 46.9 cm³/mol. The molecule has 0 saturated carbocycles. The normalized spacial score (nSPS) is 23.0. The van der Waals surface area contributed by atoms with E-state index in [-0.39, 0.29) is 5.41 Å². The second-order valence-corrected chi connectivity index (χ2v) is 3.89. The standard InChI is InChI=1S/C8H14O2S/c1-11-7-8(6-9)2-4-10-5-3-8/h6H,2-5,7H2,1H3. The van der Waals surface area contributed by atoms with Crippen LogP contribution in [0, 0.1) is 5.41 Å². The lowest BCUT2D eigenvalue weighted by Gasteiger charge is -2.30. The largest absolute Gasteiger partial charge is 0.381 e. The fourth-order valence-electron chi connectivity index (χ4n) is 1.36. The van der Waals surface area contributed by atoms with E-state index < -0.39 is 0 Å². The first-order chi connectivity index (χ1) is 5.33. The van der Waals surface area contributed by atoms with Crippen molar-refractivity contribution in [3.63, 3.8) is 0 Å². The van der Waals surface area contributed by atoms with Gasteiger partial charge in [0.15, 0.2) is 0 Å². The molecule has 64 valence electrons. The number of ether oxygens (including phenoxy) is 1. The van der Waals surface area contributed by atoms with E-state index >= 15 is 0 Å². The minimum atomic E-state index is -0.0718. The smallest absolute Gasteiger partial charge is 0.127 e. The molecule has 0 radical (unpaired) electrons. The van der Waals surface area contributed by atoms with Gasteiger partial charge >= 0.3 is 0 Å². The lowest BCUT2D eigenvalue weighted by Crippen LogP contribution is -2.33. The van der Waals surface area contributed by atoms with Crippen LogP contribution >= 0.6 is 11.8 Å². The second-order valence-electron chi connectivity index (χ2n) is 3.03. The SMILES string of the molecule is CSCC1(C=O)CCOCC1. The highest BCUT2D eigenvalue weighted by atomic mass is 32.2. The fourth-order valence-corrected chi connectivity index (χ4v) is 2.29. The van der Waals surface area contributed by atoms with Gasteiger partial charge in [-0.2, -0.15) is 11.8 Å². The van der Waals surface area contributed by atoms with Crippen LogP contribution in [0.1, 0.15) is 12.8 Å². The summed E-state index contributed by atoms with van der Waals surface area (Å²) >= 11 is 1.74. The molecular formula is C8H14O2S.